The second kappa shape index (κ2) is 6.66. The monoisotopic (exact) mass is 314 g/mol. The fourth-order valence-corrected chi connectivity index (χ4v) is 2.46. The summed E-state index contributed by atoms with van der Waals surface area (Å²) in [6.07, 6.45) is 1.48. The molecule has 1 fully saturated rings. The summed E-state index contributed by atoms with van der Waals surface area (Å²) in [6.45, 7) is 4.10. The average molecular weight is 314 g/mol. The minimum absolute atomic E-state index is 0.0168. The molecular formula is C17H18N2O4. The van der Waals surface area contributed by atoms with E-state index in [-0.39, 0.29) is 11.8 Å². The highest BCUT2D eigenvalue weighted by Crippen LogP contribution is 2.15. The molecule has 0 saturated carbocycles. The van der Waals surface area contributed by atoms with Crippen LogP contribution >= 0.6 is 0 Å². The van der Waals surface area contributed by atoms with Crippen LogP contribution in [0, 0.1) is 6.92 Å². The number of furan rings is 1. The van der Waals surface area contributed by atoms with Crippen LogP contribution in [0.25, 0.3) is 0 Å². The van der Waals surface area contributed by atoms with Crippen LogP contribution in [0.5, 0.6) is 0 Å². The Labute approximate surface area is 134 Å². The Morgan fingerprint density at radius 2 is 1.78 bits per heavy atom. The second-order valence-electron chi connectivity index (χ2n) is 5.33. The Kier molecular flexibility index (Phi) is 4.43. The van der Waals surface area contributed by atoms with Crippen LogP contribution in [0.1, 0.15) is 26.5 Å². The highest BCUT2D eigenvalue weighted by atomic mass is 16.5. The zero-order chi connectivity index (χ0) is 16.2. The molecule has 3 rings (SSSR count). The van der Waals surface area contributed by atoms with Crippen molar-refractivity contribution in [1.29, 1.82) is 0 Å². The molecular weight excluding hydrogens is 296 g/mol. The van der Waals surface area contributed by atoms with Crippen molar-refractivity contribution >= 4 is 17.5 Å². The largest absolute Gasteiger partial charge is 0.469 e. The Morgan fingerprint density at radius 3 is 2.39 bits per heavy atom. The molecule has 120 valence electrons. The van der Waals surface area contributed by atoms with E-state index < -0.39 is 0 Å². The summed E-state index contributed by atoms with van der Waals surface area (Å²) in [5, 5.41) is 2.79. The van der Waals surface area contributed by atoms with E-state index >= 15 is 0 Å². The van der Waals surface area contributed by atoms with Crippen LogP contribution in [-0.4, -0.2) is 43.0 Å². The molecule has 2 aromatic rings. The molecule has 0 aliphatic carbocycles. The number of hydrogen-bond donors (Lipinski definition) is 1. The summed E-state index contributed by atoms with van der Waals surface area (Å²) in [7, 11) is 0. The second-order valence-corrected chi connectivity index (χ2v) is 5.33. The van der Waals surface area contributed by atoms with Crippen LogP contribution in [0.15, 0.2) is 41.0 Å². The summed E-state index contributed by atoms with van der Waals surface area (Å²) in [5.41, 5.74) is 1.73. The molecule has 1 aromatic heterocycles. The smallest absolute Gasteiger partial charge is 0.259 e. The van der Waals surface area contributed by atoms with Crippen molar-refractivity contribution in [1.82, 2.24) is 4.90 Å². The van der Waals surface area contributed by atoms with Crippen molar-refractivity contribution in [2.24, 2.45) is 0 Å². The van der Waals surface area contributed by atoms with Gasteiger partial charge in [-0.3, -0.25) is 9.59 Å². The number of nitrogens with zero attached hydrogens (tertiary/aromatic N) is 1. The van der Waals surface area contributed by atoms with Gasteiger partial charge in [0.2, 0.25) is 0 Å². The minimum atomic E-state index is -0.233. The molecule has 0 atom stereocenters. The number of nitrogens with one attached hydrogen (secondary N) is 1. The maximum atomic E-state index is 12.3. The number of carbonyl (C=O) groups excluding carboxylic acids is 2. The van der Waals surface area contributed by atoms with E-state index in [4.69, 9.17) is 9.15 Å². The third kappa shape index (κ3) is 3.43. The van der Waals surface area contributed by atoms with Gasteiger partial charge in [-0.25, -0.2) is 0 Å². The van der Waals surface area contributed by atoms with Gasteiger partial charge >= 0.3 is 0 Å². The number of aryl methyl sites for hydroxylation is 1. The number of rotatable bonds is 3. The Morgan fingerprint density at radius 1 is 1.09 bits per heavy atom. The van der Waals surface area contributed by atoms with E-state index in [0.29, 0.717) is 48.9 Å². The van der Waals surface area contributed by atoms with Gasteiger partial charge in [-0.15, -0.1) is 0 Å². The van der Waals surface area contributed by atoms with Crippen LogP contribution in [0.4, 0.5) is 5.69 Å². The molecule has 0 bridgehead atoms. The van der Waals surface area contributed by atoms with E-state index in [1.165, 1.54) is 6.26 Å². The first-order valence-electron chi connectivity index (χ1n) is 7.47. The molecule has 2 heterocycles. The number of benzene rings is 1. The maximum absolute atomic E-state index is 12.3. The lowest BCUT2D eigenvalue weighted by atomic mass is 10.1. The number of amides is 2. The standard InChI is InChI=1S/C17H18N2O4/c1-12-15(6-9-23-12)16(20)18-14-4-2-13(3-5-14)17(21)19-7-10-22-11-8-19/h2-6,9H,7-8,10-11H2,1H3,(H,18,20). The van der Waals surface area contributed by atoms with Crippen molar-refractivity contribution in [2.75, 3.05) is 31.6 Å². The number of ether oxygens (including phenoxy) is 1. The third-order valence-corrected chi connectivity index (χ3v) is 3.79. The molecule has 1 aromatic carbocycles. The summed E-state index contributed by atoms with van der Waals surface area (Å²) in [6, 6.07) is 8.51. The molecule has 1 aliphatic heterocycles. The normalized spacial score (nSPS) is 14.6. The lowest BCUT2D eigenvalue weighted by Gasteiger charge is -2.26. The van der Waals surface area contributed by atoms with Gasteiger partial charge in [0.1, 0.15) is 5.76 Å². The molecule has 1 aliphatic rings. The summed E-state index contributed by atoms with van der Waals surface area (Å²) >= 11 is 0. The molecule has 23 heavy (non-hydrogen) atoms. The molecule has 6 heteroatoms. The first-order chi connectivity index (χ1) is 11.1. The predicted molar refractivity (Wildman–Crippen MR) is 84.6 cm³/mol. The van der Waals surface area contributed by atoms with Gasteiger partial charge in [0.25, 0.3) is 11.8 Å². The van der Waals surface area contributed by atoms with Gasteiger partial charge in [-0.1, -0.05) is 0 Å². The number of carbonyl (C=O) groups is 2. The van der Waals surface area contributed by atoms with Crippen LogP contribution in [0.2, 0.25) is 0 Å². The molecule has 0 unspecified atom stereocenters. The van der Waals surface area contributed by atoms with Gasteiger partial charge in [0, 0.05) is 24.3 Å². The van der Waals surface area contributed by atoms with Crippen molar-refractivity contribution in [3.63, 3.8) is 0 Å². The Bertz CT molecular complexity index is 700. The van der Waals surface area contributed by atoms with Gasteiger partial charge in [-0.05, 0) is 37.3 Å². The highest BCUT2D eigenvalue weighted by molar-refractivity contribution is 6.05. The number of anilines is 1. The van der Waals surface area contributed by atoms with E-state index in [9.17, 15) is 9.59 Å². The topological polar surface area (TPSA) is 71.8 Å². The third-order valence-electron chi connectivity index (χ3n) is 3.79. The van der Waals surface area contributed by atoms with Crippen molar-refractivity contribution in [2.45, 2.75) is 6.92 Å². The Balaban J connectivity index is 1.66. The van der Waals surface area contributed by atoms with Crippen LogP contribution in [-0.2, 0) is 4.74 Å². The van der Waals surface area contributed by atoms with E-state index in [1.807, 2.05) is 0 Å². The fraction of sp³-hybridized carbons (Fsp3) is 0.294. The highest BCUT2D eigenvalue weighted by Gasteiger charge is 2.18. The summed E-state index contributed by atoms with van der Waals surface area (Å²) in [4.78, 5) is 26.2. The van der Waals surface area contributed by atoms with E-state index in [0.717, 1.165) is 0 Å². The van der Waals surface area contributed by atoms with Crippen LogP contribution in [0.3, 0.4) is 0 Å². The minimum Gasteiger partial charge on any atom is -0.469 e. The lowest BCUT2D eigenvalue weighted by molar-refractivity contribution is 0.0303. The van der Waals surface area contributed by atoms with Gasteiger partial charge in [-0.2, -0.15) is 0 Å². The molecule has 0 spiro atoms. The van der Waals surface area contributed by atoms with Crippen molar-refractivity contribution in [3.05, 3.63) is 53.5 Å². The molecule has 6 nitrogen and oxygen atoms in total. The molecule has 2 amide bonds. The first kappa shape index (κ1) is 15.3. The SMILES string of the molecule is Cc1occc1C(=O)Nc1ccc(C(=O)N2CCOCC2)cc1. The maximum Gasteiger partial charge on any atom is 0.259 e. The van der Waals surface area contributed by atoms with E-state index in [2.05, 4.69) is 5.32 Å². The van der Waals surface area contributed by atoms with Gasteiger partial charge < -0.3 is 19.4 Å². The van der Waals surface area contributed by atoms with Crippen molar-refractivity contribution < 1.29 is 18.7 Å². The lowest BCUT2D eigenvalue weighted by Crippen LogP contribution is -2.40. The summed E-state index contributed by atoms with van der Waals surface area (Å²) < 4.78 is 10.4. The van der Waals surface area contributed by atoms with Crippen molar-refractivity contribution in [3.8, 4) is 0 Å². The predicted octanol–water partition coefficient (Wildman–Crippen LogP) is 2.31. The zero-order valence-corrected chi connectivity index (χ0v) is 12.9. The zero-order valence-electron chi connectivity index (χ0n) is 12.9. The quantitative estimate of drug-likeness (QED) is 0.943. The average Bonchev–Trinajstić information content (AvgIpc) is 3.02. The van der Waals surface area contributed by atoms with E-state index in [1.54, 1.807) is 42.2 Å². The Hall–Kier alpha value is -2.60. The van der Waals surface area contributed by atoms with Gasteiger partial charge in [0.15, 0.2) is 0 Å². The number of hydrogen-bond acceptors (Lipinski definition) is 4. The molecule has 1 N–H and O–H groups in total. The number of morpholine rings is 1. The van der Waals surface area contributed by atoms with Gasteiger partial charge in [0.05, 0.1) is 25.0 Å². The fourth-order valence-electron chi connectivity index (χ4n) is 2.46. The summed E-state index contributed by atoms with van der Waals surface area (Å²) in [5.74, 6) is 0.321. The van der Waals surface area contributed by atoms with Crippen LogP contribution < -0.4 is 5.32 Å². The molecule has 0 radical (unpaired) electrons. The first-order valence-corrected chi connectivity index (χ1v) is 7.47. The molecule has 1 saturated heterocycles.